The number of anilines is 2. The van der Waals surface area contributed by atoms with Crippen LogP contribution in [-0.4, -0.2) is 24.4 Å². The van der Waals surface area contributed by atoms with E-state index < -0.39 is 11.9 Å². The van der Waals surface area contributed by atoms with E-state index in [-0.39, 0.29) is 12.5 Å². The van der Waals surface area contributed by atoms with Gasteiger partial charge in [0.25, 0.3) is 11.8 Å². The largest absolute Gasteiger partial charge is 0.452 e. The zero-order valence-electron chi connectivity index (χ0n) is 16.0. The average Bonchev–Trinajstić information content (AvgIpc) is 3.24. The Hall–Kier alpha value is -3.45. The van der Waals surface area contributed by atoms with Crippen molar-refractivity contribution in [3.05, 3.63) is 81.5 Å². The summed E-state index contributed by atoms with van der Waals surface area (Å²) >= 11 is 1.35. The van der Waals surface area contributed by atoms with Gasteiger partial charge in [-0.3, -0.25) is 9.59 Å². The summed E-state index contributed by atoms with van der Waals surface area (Å²) in [6, 6.07) is 15.6. The van der Waals surface area contributed by atoms with Gasteiger partial charge in [0, 0.05) is 11.4 Å². The van der Waals surface area contributed by atoms with Crippen molar-refractivity contribution >= 4 is 40.5 Å². The molecule has 3 rings (SSSR count). The number of carbonyl (C=O) groups is 3. The van der Waals surface area contributed by atoms with Gasteiger partial charge in [-0.1, -0.05) is 18.2 Å². The van der Waals surface area contributed by atoms with Gasteiger partial charge in [-0.2, -0.15) is 0 Å². The fourth-order valence-electron chi connectivity index (χ4n) is 2.56. The van der Waals surface area contributed by atoms with Crippen LogP contribution in [0.25, 0.3) is 0 Å². The van der Waals surface area contributed by atoms with Crippen molar-refractivity contribution in [3.8, 4) is 0 Å². The molecule has 0 unspecified atom stereocenters. The van der Waals surface area contributed by atoms with Gasteiger partial charge in [0.1, 0.15) is 0 Å². The maximum Gasteiger partial charge on any atom is 0.338 e. The van der Waals surface area contributed by atoms with Gasteiger partial charge >= 0.3 is 5.97 Å². The second-order valence-corrected chi connectivity index (χ2v) is 7.40. The van der Waals surface area contributed by atoms with Gasteiger partial charge in [-0.05, 0) is 66.8 Å². The van der Waals surface area contributed by atoms with Crippen molar-refractivity contribution in [1.82, 2.24) is 0 Å². The zero-order chi connectivity index (χ0) is 20.8. The van der Waals surface area contributed by atoms with Crippen LogP contribution < -0.4 is 10.6 Å². The minimum atomic E-state index is -0.614. The number of amides is 2. The Morgan fingerprint density at radius 2 is 1.72 bits per heavy atom. The van der Waals surface area contributed by atoms with Crippen LogP contribution in [0.3, 0.4) is 0 Å². The fourth-order valence-corrected chi connectivity index (χ4v) is 3.18. The molecular formula is C22H20N2O4S. The third-order valence-corrected chi connectivity index (χ3v) is 4.99. The van der Waals surface area contributed by atoms with Crippen LogP contribution in [-0.2, 0) is 9.53 Å². The van der Waals surface area contributed by atoms with Gasteiger partial charge in [0.05, 0.1) is 10.4 Å². The predicted molar refractivity (Wildman–Crippen MR) is 114 cm³/mol. The molecule has 1 heterocycles. The van der Waals surface area contributed by atoms with Crippen LogP contribution in [0.1, 0.15) is 31.2 Å². The molecule has 0 spiro atoms. The molecule has 0 radical (unpaired) electrons. The van der Waals surface area contributed by atoms with E-state index in [1.807, 2.05) is 37.4 Å². The minimum Gasteiger partial charge on any atom is -0.452 e. The van der Waals surface area contributed by atoms with E-state index in [1.54, 1.807) is 24.3 Å². The van der Waals surface area contributed by atoms with Crippen LogP contribution >= 0.6 is 11.3 Å². The normalized spacial score (nSPS) is 10.3. The molecule has 2 amide bonds. The van der Waals surface area contributed by atoms with Crippen molar-refractivity contribution in [2.45, 2.75) is 13.8 Å². The summed E-state index contributed by atoms with van der Waals surface area (Å²) < 4.78 is 5.08. The Balaban J connectivity index is 1.52. The zero-order valence-corrected chi connectivity index (χ0v) is 16.8. The molecule has 148 valence electrons. The molecule has 7 heteroatoms. The molecule has 0 aliphatic carbocycles. The summed E-state index contributed by atoms with van der Waals surface area (Å²) in [5.74, 6) is -1.23. The average molecular weight is 408 g/mol. The van der Waals surface area contributed by atoms with Gasteiger partial charge in [0.15, 0.2) is 6.61 Å². The van der Waals surface area contributed by atoms with Gasteiger partial charge in [-0.25, -0.2) is 4.79 Å². The van der Waals surface area contributed by atoms with Crippen molar-refractivity contribution in [1.29, 1.82) is 0 Å². The van der Waals surface area contributed by atoms with Crippen molar-refractivity contribution in [3.63, 3.8) is 0 Å². The molecule has 0 saturated heterocycles. The standard InChI is InChI=1S/C22H20N2O4S/c1-14-5-6-15(2)18(12-14)24-20(25)13-28-22(27)16-7-9-17(10-8-16)23-21(26)19-4-3-11-29-19/h3-12H,13H2,1-2H3,(H,23,26)(H,24,25). The number of benzene rings is 2. The number of nitrogens with one attached hydrogen (secondary N) is 2. The third-order valence-electron chi connectivity index (χ3n) is 4.12. The molecule has 6 nitrogen and oxygen atoms in total. The molecule has 0 atom stereocenters. The Morgan fingerprint density at radius 1 is 0.966 bits per heavy atom. The SMILES string of the molecule is Cc1ccc(C)c(NC(=O)COC(=O)c2ccc(NC(=O)c3cccs3)cc2)c1. The molecule has 3 aromatic rings. The third kappa shape index (κ3) is 5.52. The molecule has 0 fully saturated rings. The highest BCUT2D eigenvalue weighted by Crippen LogP contribution is 2.17. The second kappa shape index (κ2) is 9.16. The van der Waals surface area contributed by atoms with Crippen molar-refractivity contribution < 1.29 is 19.1 Å². The molecule has 0 bridgehead atoms. The van der Waals surface area contributed by atoms with Gasteiger partial charge in [-0.15, -0.1) is 11.3 Å². The molecule has 0 aliphatic rings. The highest BCUT2D eigenvalue weighted by Gasteiger charge is 2.12. The molecule has 2 N–H and O–H groups in total. The fraction of sp³-hybridized carbons (Fsp3) is 0.136. The number of rotatable bonds is 6. The Kier molecular flexibility index (Phi) is 6.41. The van der Waals surface area contributed by atoms with E-state index in [2.05, 4.69) is 10.6 Å². The smallest absolute Gasteiger partial charge is 0.338 e. The summed E-state index contributed by atoms with van der Waals surface area (Å²) in [6.45, 7) is 3.44. The van der Waals surface area contributed by atoms with E-state index in [4.69, 9.17) is 4.74 Å². The lowest BCUT2D eigenvalue weighted by molar-refractivity contribution is -0.119. The number of ether oxygens (including phenoxy) is 1. The quantitative estimate of drug-likeness (QED) is 0.592. The monoisotopic (exact) mass is 408 g/mol. The second-order valence-electron chi connectivity index (χ2n) is 6.45. The van der Waals surface area contributed by atoms with Gasteiger partial charge < -0.3 is 15.4 Å². The first-order valence-corrected chi connectivity index (χ1v) is 9.79. The summed E-state index contributed by atoms with van der Waals surface area (Å²) in [5, 5.41) is 7.32. The lowest BCUT2D eigenvalue weighted by atomic mass is 10.1. The lowest BCUT2D eigenvalue weighted by Crippen LogP contribution is -2.21. The first-order chi connectivity index (χ1) is 13.9. The van der Waals surface area contributed by atoms with Crippen LogP contribution in [0, 0.1) is 13.8 Å². The molecule has 0 saturated carbocycles. The molecule has 2 aromatic carbocycles. The molecule has 0 aliphatic heterocycles. The lowest BCUT2D eigenvalue weighted by Gasteiger charge is -2.10. The van der Waals surface area contributed by atoms with E-state index in [1.165, 1.54) is 23.5 Å². The van der Waals surface area contributed by atoms with E-state index in [0.29, 0.717) is 21.8 Å². The summed E-state index contributed by atoms with van der Waals surface area (Å²) in [5.41, 5.74) is 3.49. The Bertz CT molecular complexity index is 1030. The highest BCUT2D eigenvalue weighted by molar-refractivity contribution is 7.12. The summed E-state index contributed by atoms with van der Waals surface area (Å²) in [4.78, 5) is 36.8. The minimum absolute atomic E-state index is 0.210. The molecular weight excluding hydrogens is 388 g/mol. The van der Waals surface area contributed by atoms with Crippen LogP contribution in [0.5, 0.6) is 0 Å². The van der Waals surface area contributed by atoms with E-state index in [9.17, 15) is 14.4 Å². The van der Waals surface area contributed by atoms with Crippen LogP contribution in [0.15, 0.2) is 60.0 Å². The summed E-state index contributed by atoms with van der Waals surface area (Å²) in [7, 11) is 0. The highest BCUT2D eigenvalue weighted by atomic mass is 32.1. The predicted octanol–water partition coefficient (Wildman–Crippen LogP) is 4.41. The van der Waals surface area contributed by atoms with Crippen LogP contribution in [0.2, 0.25) is 0 Å². The maximum absolute atomic E-state index is 12.2. The molecule has 1 aromatic heterocycles. The van der Waals surface area contributed by atoms with Crippen molar-refractivity contribution in [2.24, 2.45) is 0 Å². The number of thiophene rings is 1. The molecule has 29 heavy (non-hydrogen) atoms. The number of esters is 1. The number of hydrogen-bond acceptors (Lipinski definition) is 5. The topological polar surface area (TPSA) is 84.5 Å². The first kappa shape index (κ1) is 20.3. The van der Waals surface area contributed by atoms with E-state index >= 15 is 0 Å². The number of carbonyl (C=O) groups excluding carboxylic acids is 3. The Morgan fingerprint density at radius 3 is 2.41 bits per heavy atom. The van der Waals surface area contributed by atoms with Crippen molar-refractivity contribution in [2.75, 3.05) is 17.2 Å². The van der Waals surface area contributed by atoms with E-state index in [0.717, 1.165) is 11.1 Å². The number of aryl methyl sites for hydroxylation is 2. The Labute approximate surface area is 172 Å². The summed E-state index contributed by atoms with van der Waals surface area (Å²) in [6.07, 6.45) is 0. The number of hydrogen-bond donors (Lipinski definition) is 2. The first-order valence-electron chi connectivity index (χ1n) is 8.91. The van der Waals surface area contributed by atoms with Gasteiger partial charge in [0.2, 0.25) is 0 Å². The van der Waals surface area contributed by atoms with Crippen LogP contribution in [0.4, 0.5) is 11.4 Å². The maximum atomic E-state index is 12.2.